The molecule has 0 aliphatic heterocycles. The molecule has 0 bridgehead atoms. The predicted octanol–water partition coefficient (Wildman–Crippen LogP) is 18.6. The Morgan fingerprint density at radius 1 is 0.423 bits per heavy atom. The smallest absolute Gasteiger partial charge is 0.306 e. The molecule has 0 saturated carbocycles. The third kappa shape index (κ3) is 57.9. The van der Waals surface area contributed by atoms with Crippen molar-refractivity contribution < 1.29 is 42.1 Å². The number of phosphoric ester groups is 1. The Balaban J connectivity index is 3.89. The van der Waals surface area contributed by atoms with E-state index >= 15 is 0 Å². The van der Waals surface area contributed by atoms with Crippen LogP contribution in [0.2, 0.25) is 0 Å². The van der Waals surface area contributed by atoms with Gasteiger partial charge in [-0.1, -0.05) is 276 Å². The molecule has 0 aliphatic carbocycles. The lowest BCUT2D eigenvalue weighted by molar-refractivity contribution is -0.870. The zero-order valence-corrected chi connectivity index (χ0v) is 48.8. The molecule has 0 heterocycles. The van der Waals surface area contributed by atoms with Crippen molar-refractivity contribution >= 4 is 19.8 Å². The summed E-state index contributed by atoms with van der Waals surface area (Å²) in [5.74, 6) is -0.815. The molecule has 2 unspecified atom stereocenters. The Bertz CT molecular complexity index is 1210. The molecular formula is C61H120NO8P. The highest BCUT2D eigenvalue weighted by Crippen LogP contribution is 2.38. The molecule has 0 saturated heterocycles. The summed E-state index contributed by atoms with van der Waals surface area (Å²) in [6.45, 7) is 4.28. The molecule has 0 aliphatic rings. The van der Waals surface area contributed by atoms with Crippen molar-refractivity contribution in [2.45, 2.75) is 322 Å². The van der Waals surface area contributed by atoms with Gasteiger partial charge >= 0.3 is 11.9 Å². The lowest BCUT2D eigenvalue weighted by Crippen LogP contribution is -2.37. The topological polar surface area (TPSA) is 111 Å². The number of carbonyl (C=O) groups excluding carboxylic acids is 2. The van der Waals surface area contributed by atoms with Gasteiger partial charge < -0.3 is 27.9 Å². The van der Waals surface area contributed by atoms with E-state index in [0.717, 1.165) is 32.1 Å². The Morgan fingerprint density at radius 3 is 1.04 bits per heavy atom. The van der Waals surface area contributed by atoms with Gasteiger partial charge in [-0.25, -0.2) is 0 Å². The number of allylic oxidation sites excluding steroid dienone is 2. The van der Waals surface area contributed by atoms with Gasteiger partial charge in [0.15, 0.2) is 6.10 Å². The van der Waals surface area contributed by atoms with Crippen LogP contribution in [-0.4, -0.2) is 70.0 Å². The van der Waals surface area contributed by atoms with Crippen molar-refractivity contribution in [1.82, 2.24) is 0 Å². The first-order valence-electron chi connectivity index (χ1n) is 30.9. The summed E-state index contributed by atoms with van der Waals surface area (Å²) in [4.78, 5) is 37.8. The first-order chi connectivity index (χ1) is 34.5. The van der Waals surface area contributed by atoms with E-state index < -0.39 is 26.5 Å². The molecule has 0 spiro atoms. The van der Waals surface area contributed by atoms with Crippen molar-refractivity contribution in [3.63, 3.8) is 0 Å². The van der Waals surface area contributed by atoms with Gasteiger partial charge in [-0.15, -0.1) is 0 Å². The van der Waals surface area contributed by atoms with Crippen molar-refractivity contribution in [1.29, 1.82) is 0 Å². The van der Waals surface area contributed by atoms with Crippen LogP contribution >= 0.6 is 7.82 Å². The SMILES string of the molecule is CCCCCCCCCC/C=C\CCCCCCCCCCCCCCCCCCCCCCCCCC(=O)OC(COC(=O)CCCCCCCCCCCCCC)COP(=O)([O-])OCC[N+](C)(C)C. The monoisotopic (exact) mass is 1030 g/mol. The number of ether oxygens (including phenoxy) is 2. The maximum Gasteiger partial charge on any atom is 0.306 e. The number of hydrogen-bond donors (Lipinski definition) is 0. The van der Waals surface area contributed by atoms with Crippen LogP contribution in [0.4, 0.5) is 0 Å². The fourth-order valence-electron chi connectivity index (χ4n) is 9.24. The fourth-order valence-corrected chi connectivity index (χ4v) is 9.97. The summed E-state index contributed by atoms with van der Waals surface area (Å²) >= 11 is 0. The largest absolute Gasteiger partial charge is 0.756 e. The number of esters is 2. The molecule has 71 heavy (non-hydrogen) atoms. The van der Waals surface area contributed by atoms with Gasteiger partial charge in [0, 0.05) is 12.8 Å². The quantitative estimate of drug-likeness (QED) is 0.0195. The lowest BCUT2D eigenvalue weighted by Gasteiger charge is -2.28. The van der Waals surface area contributed by atoms with Crippen LogP contribution in [0.25, 0.3) is 0 Å². The lowest BCUT2D eigenvalue weighted by atomic mass is 10.0. The third-order valence-electron chi connectivity index (χ3n) is 14.0. The van der Waals surface area contributed by atoms with E-state index in [4.69, 9.17) is 18.5 Å². The normalized spacial score (nSPS) is 13.3. The summed E-state index contributed by atoms with van der Waals surface area (Å²) in [5, 5.41) is 0. The Hall–Kier alpha value is -1.25. The average molecular weight is 1030 g/mol. The van der Waals surface area contributed by atoms with Gasteiger partial charge in [-0.2, -0.15) is 0 Å². The molecule has 0 radical (unpaired) electrons. The highest BCUT2D eigenvalue weighted by Gasteiger charge is 2.22. The molecule has 0 aromatic rings. The molecular weight excluding hydrogens is 906 g/mol. The zero-order chi connectivity index (χ0) is 52.0. The average Bonchev–Trinajstić information content (AvgIpc) is 3.33. The van der Waals surface area contributed by atoms with Gasteiger partial charge in [-0.05, 0) is 38.5 Å². The van der Waals surface area contributed by atoms with Crippen LogP contribution in [0, 0.1) is 0 Å². The number of likely N-dealkylation sites (N-methyl/N-ethyl adjacent to an activating group) is 1. The molecule has 0 rings (SSSR count). The van der Waals surface area contributed by atoms with Crippen molar-refractivity contribution in [3.8, 4) is 0 Å². The molecule has 0 aromatic carbocycles. The van der Waals surface area contributed by atoms with E-state index in [2.05, 4.69) is 26.0 Å². The van der Waals surface area contributed by atoms with E-state index in [1.165, 1.54) is 250 Å². The van der Waals surface area contributed by atoms with E-state index in [-0.39, 0.29) is 32.0 Å². The van der Waals surface area contributed by atoms with E-state index in [9.17, 15) is 19.0 Å². The van der Waals surface area contributed by atoms with Crippen LogP contribution in [0.1, 0.15) is 316 Å². The predicted molar refractivity (Wildman–Crippen MR) is 301 cm³/mol. The second kappa shape index (κ2) is 53.6. The summed E-state index contributed by atoms with van der Waals surface area (Å²) in [7, 11) is 1.19. The van der Waals surface area contributed by atoms with Crippen LogP contribution in [0.3, 0.4) is 0 Å². The molecule has 10 heteroatoms. The summed E-state index contributed by atoms with van der Waals surface area (Å²) in [6.07, 6.45) is 62.9. The number of hydrogen-bond acceptors (Lipinski definition) is 8. The van der Waals surface area contributed by atoms with Crippen LogP contribution in [0.15, 0.2) is 12.2 Å². The fraction of sp³-hybridized carbons (Fsp3) is 0.934. The van der Waals surface area contributed by atoms with Gasteiger partial charge in [0.25, 0.3) is 7.82 Å². The number of nitrogens with zero attached hydrogens (tertiary/aromatic N) is 1. The minimum atomic E-state index is -4.63. The Labute approximate surface area is 441 Å². The van der Waals surface area contributed by atoms with Crippen molar-refractivity contribution in [3.05, 3.63) is 12.2 Å². The number of carbonyl (C=O) groups is 2. The van der Waals surface area contributed by atoms with Gasteiger partial charge in [-0.3, -0.25) is 14.2 Å². The first-order valence-corrected chi connectivity index (χ1v) is 32.4. The number of rotatable bonds is 58. The van der Waals surface area contributed by atoms with Crippen LogP contribution in [-0.2, 0) is 32.7 Å². The second-order valence-corrected chi connectivity index (χ2v) is 23.8. The third-order valence-corrected chi connectivity index (χ3v) is 15.0. The highest BCUT2D eigenvalue weighted by molar-refractivity contribution is 7.45. The van der Waals surface area contributed by atoms with E-state index in [1.807, 2.05) is 21.1 Å². The van der Waals surface area contributed by atoms with Crippen LogP contribution in [0.5, 0.6) is 0 Å². The standard InChI is InChI=1S/C61H120NO8P/c1-6-8-10-12-14-16-18-20-21-22-23-24-25-26-27-28-29-30-31-32-33-34-35-36-37-38-39-40-41-42-44-46-48-50-52-54-61(64)70-59(58-69-71(65,66)68-56-55-62(3,4)5)57-67-60(63)53-51-49-47-45-43-19-17-15-13-11-9-7-2/h22-23,59H,6-21,24-58H2,1-5H3/b23-22-. The number of phosphoric acid groups is 1. The molecule has 9 nitrogen and oxygen atoms in total. The first kappa shape index (κ1) is 69.8. The van der Waals surface area contributed by atoms with Gasteiger partial charge in [0.2, 0.25) is 0 Å². The molecule has 0 aromatic heterocycles. The van der Waals surface area contributed by atoms with Crippen LogP contribution < -0.4 is 4.89 Å². The van der Waals surface area contributed by atoms with Gasteiger partial charge in [0.1, 0.15) is 19.8 Å². The van der Waals surface area contributed by atoms with E-state index in [0.29, 0.717) is 17.4 Å². The van der Waals surface area contributed by atoms with Gasteiger partial charge in [0.05, 0.1) is 27.7 Å². The molecule has 0 amide bonds. The highest BCUT2D eigenvalue weighted by atomic mass is 31.2. The maximum atomic E-state index is 12.8. The molecule has 0 fully saturated rings. The van der Waals surface area contributed by atoms with E-state index in [1.54, 1.807) is 0 Å². The summed E-state index contributed by atoms with van der Waals surface area (Å²) in [5.41, 5.74) is 0. The minimum Gasteiger partial charge on any atom is -0.756 e. The zero-order valence-electron chi connectivity index (χ0n) is 48.0. The summed E-state index contributed by atoms with van der Waals surface area (Å²) in [6, 6.07) is 0. The summed E-state index contributed by atoms with van der Waals surface area (Å²) < 4.78 is 34.1. The number of quaternary nitrogens is 1. The Morgan fingerprint density at radius 2 is 0.718 bits per heavy atom. The molecule has 0 N–H and O–H groups in total. The minimum absolute atomic E-state index is 0.0261. The maximum absolute atomic E-state index is 12.8. The van der Waals surface area contributed by atoms with Crippen molar-refractivity contribution in [2.24, 2.45) is 0 Å². The number of unbranched alkanes of at least 4 members (excludes halogenated alkanes) is 42. The Kier molecular flexibility index (Phi) is 52.6. The second-order valence-electron chi connectivity index (χ2n) is 22.4. The molecule has 2 atom stereocenters. The molecule has 422 valence electrons. The van der Waals surface area contributed by atoms with Crippen molar-refractivity contribution in [2.75, 3.05) is 47.5 Å².